The standard InChI is InChI=1S/C16H30N2O2/c1-12(2)17(3)11-16(20)18-10-6-8-14(18)13-7-4-5-9-15(13)19/h12-15,19H,4-11H2,1-3H3. The molecule has 0 aromatic heterocycles. The summed E-state index contributed by atoms with van der Waals surface area (Å²) in [5, 5.41) is 10.3. The first-order valence-electron chi connectivity index (χ1n) is 8.18. The SMILES string of the molecule is CC(C)N(C)CC(=O)N1CCCC1C1CCCCC1O. The van der Waals surface area contributed by atoms with Crippen LogP contribution in [0.1, 0.15) is 52.4 Å². The van der Waals surface area contributed by atoms with Gasteiger partial charge in [-0.2, -0.15) is 0 Å². The van der Waals surface area contributed by atoms with Crippen molar-refractivity contribution in [1.29, 1.82) is 0 Å². The van der Waals surface area contributed by atoms with E-state index in [0.29, 0.717) is 18.5 Å². The molecule has 1 amide bonds. The fourth-order valence-corrected chi connectivity index (χ4v) is 3.62. The first kappa shape index (κ1) is 15.8. The largest absolute Gasteiger partial charge is 0.393 e. The second kappa shape index (κ2) is 6.90. The van der Waals surface area contributed by atoms with Crippen molar-refractivity contribution in [3.63, 3.8) is 0 Å². The van der Waals surface area contributed by atoms with E-state index in [0.717, 1.165) is 38.6 Å². The highest BCUT2D eigenvalue weighted by Gasteiger charge is 2.38. The second-order valence-corrected chi connectivity index (χ2v) is 6.82. The number of carbonyl (C=O) groups is 1. The molecule has 0 spiro atoms. The molecule has 0 aromatic rings. The van der Waals surface area contributed by atoms with Gasteiger partial charge in [-0.1, -0.05) is 12.8 Å². The average molecular weight is 282 g/mol. The van der Waals surface area contributed by atoms with Gasteiger partial charge in [0.15, 0.2) is 0 Å². The number of hydrogen-bond acceptors (Lipinski definition) is 3. The molecule has 20 heavy (non-hydrogen) atoms. The van der Waals surface area contributed by atoms with Crippen molar-refractivity contribution < 1.29 is 9.90 Å². The van der Waals surface area contributed by atoms with Crippen LogP contribution in [0, 0.1) is 5.92 Å². The Bertz CT molecular complexity index is 332. The van der Waals surface area contributed by atoms with E-state index in [1.165, 1.54) is 6.42 Å². The third kappa shape index (κ3) is 3.53. The monoisotopic (exact) mass is 282 g/mol. The van der Waals surface area contributed by atoms with Crippen LogP contribution in [0.4, 0.5) is 0 Å². The maximum Gasteiger partial charge on any atom is 0.237 e. The van der Waals surface area contributed by atoms with E-state index < -0.39 is 0 Å². The highest BCUT2D eigenvalue weighted by atomic mass is 16.3. The molecule has 0 aromatic carbocycles. The van der Waals surface area contributed by atoms with Crippen molar-refractivity contribution in [3.8, 4) is 0 Å². The average Bonchev–Trinajstić information content (AvgIpc) is 2.88. The summed E-state index contributed by atoms with van der Waals surface area (Å²) in [5.74, 6) is 0.543. The lowest BCUT2D eigenvalue weighted by molar-refractivity contribution is -0.135. The molecule has 1 N–H and O–H groups in total. The minimum absolute atomic E-state index is 0.204. The smallest absolute Gasteiger partial charge is 0.237 e. The minimum atomic E-state index is -0.204. The molecule has 1 saturated carbocycles. The van der Waals surface area contributed by atoms with E-state index in [1.807, 2.05) is 7.05 Å². The second-order valence-electron chi connectivity index (χ2n) is 6.82. The summed E-state index contributed by atoms with van der Waals surface area (Å²) >= 11 is 0. The molecule has 4 nitrogen and oxygen atoms in total. The van der Waals surface area contributed by atoms with Gasteiger partial charge in [0.05, 0.1) is 12.6 Å². The number of aliphatic hydroxyl groups excluding tert-OH is 1. The predicted octanol–water partition coefficient (Wildman–Crippen LogP) is 1.87. The van der Waals surface area contributed by atoms with Crippen LogP contribution in [-0.4, -0.2) is 59.1 Å². The Morgan fingerprint density at radius 1 is 1.25 bits per heavy atom. The summed E-state index contributed by atoms with van der Waals surface area (Å²) in [6.45, 7) is 5.59. The zero-order valence-electron chi connectivity index (χ0n) is 13.2. The van der Waals surface area contributed by atoms with Crippen LogP contribution >= 0.6 is 0 Å². The van der Waals surface area contributed by atoms with Crippen LogP contribution in [-0.2, 0) is 4.79 Å². The lowest BCUT2D eigenvalue weighted by atomic mass is 9.80. The number of rotatable bonds is 4. The molecule has 4 heteroatoms. The number of carbonyl (C=O) groups excluding carboxylic acids is 1. The molecule has 1 aliphatic heterocycles. The molecular formula is C16H30N2O2. The van der Waals surface area contributed by atoms with Crippen LogP contribution < -0.4 is 0 Å². The third-order valence-corrected chi connectivity index (χ3v) is 5.16. The normalized spacial score (nSPS) is 31.3. The van der Waals surface area contributed by atoms with Crippen molar-refractivity contribution in [3.05, 3.63) is 0 Å². The molecule has 1 aliphatic carbocycles. The Labute approximate surface area is 123 Å². The molecular weight excluding hydrogens is 252 g/mol. The molecule has 0 radical (unpaired) electrons. The summed E-state index contributed by atoms with van der Waals surface area (Å²) in [6.07, 6.45) is 6.28. The molecule has 116 valence electrons. The number of nitrogens with zero attached hydrogens (tertiary/aromatic N) is 2. The van der Waals surface area contributed by atoms with Gasteiger partial charge in [0, 0.05) is 24.5 Å². The van der Waals surface area contributed by atoms with Gasteiger partial charge in [-0.05, 0) is 46.6 Å². The van der Waals surface area contributed by atoms with E-state index in [-0.39, 0.29) is 18.1 Å². The van der Waals surface area contributed by atoms with Crippen LogP contribution in [0.3, 0.4) is 0 Å². The maximum atomic E-state index is 12.5. The van der Waals surface area contributed by atoms with Gasteiger partial charge < -0.3 is 10.0 Å². The van der Waals surface area contributed by atoms with E-state index >= 15 is 0 Å². The van der Waals surface area contributed by atoms with E-state index in [4.69, 9.17) is 0 Å². The zero-order valence-corrected chi connectivity index (χ0v) is 13.2. The van der Waals surface area contributed by atoms with E-state index in [2.05, 4.69) is 23.6 Å². The van der Waals surface area contributed by atoms with Crippen LogP contribution in [0.5, 0.6) is 0 Å². The highest BCUT2D eigenvalue weighted by molar-refractivity contribution is 5.79. The van der Waals surface area contributed by atoms with Gasteiger partial charge in [-0.25, -0.2) is 0 Å². The van der Waals surface area contributed by atoms with Crippen LogP contribution in [0.25, 0.3) is 0 Å². The fourth-order valence-electron chi connectivity index (χ4n) is 3.62. The predicted molar refractivity (Wildman–Crippen MR) is 80.5 cm³/mol. The van der Waals surface area contributed by atoms with E-state index in [9.17, 15) is 9.90 Å². The molecule has 1 saturated heterocycles. The molecule has 2 rings (SSSR count). The molecule has 3 atom stereocenters. The number of aliphatic hydroxyl groups is 1. The first-order chi connectivity index (χ1) is 9.50. The topological polar surface area (TPSA) is 43.8 Å². The van der Waals surface area contributed by atoms with Gasteiger partial charge in [0.2, 0.25) is 5.91 Å². The zero-order chi connectivity index (χ0) is 14.7. The Kier molecular flexibility index (Phi) is 5.44. The van der Waals surface area contributed by atoms with Crippen molar-refractivity contribution in [2.24, 2.45) is 5.92 Å². The summed E-state index contributed by atoms with van der Waals surface area (Å²) in [7, 11) is 2.00. The third-order valence-electron chi connectivity index (χ3n) is 5.16. The molecule has 3 unspecified atom stereocenters. The van der Waals surface area contributed by atoms with Gasteiger partial charge in [0.1, 0.15) is 0 Å². The first-order valence-corrected chi connectivity index (χ1v) is 8.18. The quantitative estimate of drug-likeness (QED) is 0.856. The van der Waals surface area contributed by atoms with Crippen LogP contribution in [0.2, 0.25) is 0 Å². The summed E-state index contributed by atoms with van der Waals surface area (Å²) in [4.78, 5) is 16.7. The Hall–Kier alpha value is -0.610. The minimum Gasteiger partial charge on any atom is -0.393 e. The molecule has 2 aliphatic rings. The molecule has 2 fully saturated rings. The molecule has 1 heterocycles. The van der Waals surface area contributed by atoms with Gasteiger partial charge >= 0.3 is 0 Å². The summed E-state index contributed by atoms with van der Waals surface area (Å²) in [6, 6.07) is 0.665. The highest BCUT2D eigenvalue weighted by Crippen LogP contribution is 2.34. The lowest BCUT2D eigenvalue weighted by Crippen LogP contribution is -2.48. The Morgan fingerprint density at radius 2 is 1.95 bits per heavy atom. The van der Waals surface area contributed by atoms with Crippen molar-refractivity contribution >= 4 is 5.91 Å². The number of likely N-dealkylation sites (N-methyl/N-ethyl adjacent to an activating group) is 1. The number of amides is 1. The van der Waals surface area contributed by atoms with Gasteiger partial charge in [-0.15, -0.1) is 0 Å². The van der Waals surface area contributed by atoms with Crippen molar-refractivity contribution in [2.75, 3.05) is 20.1 Å². The van der Waals surface area contributed by atoms with Crippen molar-refractivity contribution in [2.45, 2.75) is 70.6 Å². The summed E-state index contributed by atoms with van der Waals surface area (Å²) in [5.41, 5.74) is 0. The summed E-state index contributed by atoms with van der Waals surface area (Å²) < 4.78 is 0. The van der Waals surface area contributed by atoms with Gasteiger partial charge in [0.25, 0.3) is 0 Å². The molecule has 0 bridgehead atoms. The number of likely N-dealkylation sites (tertiary alicyclic amines) is 1. The number of hydrogen-bond donors (Lipinski definition) is 1. The lowest BCUT2D eigenvalue weighted by Gasteiger charge is -2.38. The fraction of sp³-hybridized carbons (Fsp3) is 0.938. The van der Waals surface area contributed by atoms with Crippen molar-refractivity contribution in [1.82, 2.24) is 9.80 Å². The van der Waals surface area contributed by atoms with E-state index in [1.54, 1.807) is 0 Å². The maximum absolute atomic E-state index is 12.5. The van der Waals surface area contributed by atoms with Crippen LogP contribution in [0.15, 0.2) is 0 Å². The Morgan fingerprint density at radius 3 is 2.60 bits per heavy atom. The van der Waals surface area contributed by atoms with Gasteiger partial charge in [-0.3, -0.25) is 9.69 Å². The Balaban J connectivity index is 1.97.